The minimum absolute atomic E-state index is 0.101. The van der Waals surface area contributed by atoms with E-state index in [1.165, 1.54) is 0 Å². The van der Waals surface area contributed by atoms with E-state index in [4.69, 9.17) is 28.5 Å². The molecular formula is C8H3Cl2F2N. The van der Waals surface area contributed by atoms with Crippen LogP contribution in [0.2, 0.25) is 10.0 Å². The Morgan fingerprint density at radius 1 is 1.31 bits per heavy atom. The van der Waals surface area contributed by atoms with E-state index in [1.54, 1.807) is 6.07 Å². The fraction of sp³-hybridized carbons (Fsp3) is 0.125. The van der Waals surface area contributed by atoms with Crippen LogP contribution in [0, 0.1) is 23.0 Å². The van der Waals surface area contributed by atoms with Crippen LogP contribution < -0.4 is 0 Å². The van der Waals surface area contributed by atoms with E-state index < -0.39 is 16.7 Å². The smallest absolute Gasteiger partial charge is 0.178 e. The van der Waals surface area contributed by atoms with Crippen LogP contribution in [0.3, 0.4) is 0 Å². The van der Waals surface area contributed by atoms with Crippen molar-refractivity contribution in [2.75, 3.05) is 0 Å². The van der Waals surface area contributed by atoms with Gasteiger partial charge in [-0.2, -0.15) is 5.26 Å². The van der Waals surface area contributed by atoms with E-state index in [0.29, 0.717) is 0 Å². The number of hydrogen-bond acceptors (Lipinski definition) is 1. The van der Waals surface area contributed by atoms with Gasteiger partial charge in [-0.25, -0.2) is 8.78 Å². The van der Waals surface area contributed by atoms with Crippen molar-refractivity contribution < 1.29 is 8.78 Å². The van der Waals surface area contributed by atoms with Crippen molar-refractivity contribution in [2.24, 2.45) is 0 Å². The van der Waals surface area contributed by atoms with Crippen molar-refractivity contribution in [2.45, 2.75) is 6.42 Å². The maximum Gasteiger partial charge on any atom is 0.178 e. The van der Waals surface area contributed by atoms with E-state index in [0.717, 1.165) is 6.07 Å². The number of nitrogens with zero attached hydrogens (tertiary/aromatic N) is 1. The average Bonchev–Trinajstić information content (AvgIpc) is 2.11. The van der Waals surface area contributed by atoms with Gasteiger partial charge in [-0.1, -0.05) is 23.2 Å². The van der Waals surface area contributed by atoms with Gasteiger partial charge in [0, 0.05) is 0 Å². The lowest BCUT2D eigenvalue weighted by molar-refractivity contribution is 0.508. The van der Waals surface area contributed by atoms with Gasteiger partial charge >= 0.3 is 0 Å². The Morgan fingerprint density at radius 3 is 2.46 bits per heavy atom. The Morgan fingerprint density at radius 2 is 1.92 bits per heavy atom. The summed E-state index contributed by atoms with van der Waals surface area (Å²) in [6.45, 7) is 0. The second-order valence-electron chi connectivity index (χ2n) is 2.29. The van der Waals surface area contributed by atoms with Crippen molar-refractivity contribution in [1.29, 1.82) is 5.26 Å². The molecule has 0 aromatic heterocycles. The molecule has 1 aromatic carbocycles. The molecule has 0 saturated heterocycles. The first-order valence-corrected chi connectivity index (χ1v) is 4.02. The van der Waals surface area contributed by atoms with Crippen molar-refractivity contribution >= 4 is 23.2 Å². The molecule has 0 aliphatic rings. The lowest BCUT2D eigenvalue weighted by Crippen LogP contribution is -1.92. The van der Waals surface area contributed by atoms with Gasteiger partial charge in [0.05, 0.1) is 22.5 Å². The third-order valence-electron chi connectivity index (χ3n) is 1.45. The molecule has 0 aliphatic heterocycles. The standard InChI is InChI=1S/C8H3Cl2F2N/c9-6-4(1-2-13)3-5(11)8(12)7(6)10/h3H,1H2. The molecule has 0 bridgehead atoms. The normalized spacial score (nSPS) is 9.77. The molecule has 5 heteroatoms. The fourth-order valence-electron chi connectivity index (χ4n) is 0.836. The Bertz CT molecular complexity index is 385. The van der Waals surface area contributed by atoms with E-state index in [-0.39, 0.29) is 17.0 Å². The topological polar surface area (TPSA) is 23.8 Å². The SMILES string of the molecule is N#CCc1cc(F)c(F)c(Cl)c1Cl. The first-order valence-electron chi connectivity index (χ1n) is 3.26. The predicted octanol–water partition coefficient (Wildman–Crippen LogP) is 3.34. The van der Waals surface area contributed by atoms with Gasteiger partial charge in [0.1, 0.15) is 0 Å². The highest BCUT2D eigenvalue weighted by Crippen LogP contribution is 2.30. The van der Waals surface area contributed by atoms with Crippen molar-refractivity contribution in [3.63, 3.8) is 0 Å². The van der Waals surface area contributed by atoms with Crippen LogP contribution >= 0.6 is 23.2 Å². The van der Waals surface area contributed by atoms with E-state index in [9.17, 15) is 8.78 Å². The van der Waals surface area contributed by atoms with Gasteiger partial charge in [0.2, 0.25) is 0 Å². The van der Waals surface area contributed by atoms with Crippen LogP contribution in [0.5, 0.6) is 0 Å². The number of hydrogen-bond donors (Lipinski definition) is 0. The number of benzene rings is 1. The van der Waals surface area contributed by atoms with Gasteiger partial charge in [-0.3, -0.25) is 0 Å². The van der Waals surface area contributed by atoms with Gasteiger partial charge in [-0.15, -0.1) is 0 Å². The molecule has 0 saturated carbocycles. The van der Waals surface area contributed by atoms with E-state index in [1.807, 2.05) is 0 Å². The summed E-state index contributed by atoms with van der Waals surface area (Å²) in [5.74, 6) is -2.28. The largest absolute Gasteiger partial charge is 0.204 e. The Kier molecular flexibility index (Phi) is 3.07. The quantitative estimate of drug-likeness (QED) is 0.528. The summed E-state index contributed by atoms with van der Waals surface area (Å²) in [6, 6.07) is 2.63. The zero-order chi connectivity index (χ0) is 10.0. The summed E-state index contributed by atoms with van der Waals surface area (Å²) in [5, 5.41) is 7.74. The molecule has 0 amide bonds. The molecule has 0 unspecified atom stereocenters. The Balaban J connectivity index is 3.34. The Hall–Kier alpha value is -0.850. The number of rotatable bonds is 1. The van der Waals surface area contributed by atoms with Gasteiger partial charge in [0.25, 0.3) is 0 Å². The summed E-state index contributed by atoms with van der Waals surface area (Å²) in [4.78, 5) is 0. The molecule has 1 nitrogen and oxygen atoms in total. The highest BCUT2D eigenvalue weighted by atomic mass is 35.5. The number of halogens is 4. The monoisotopic (exact) mass is 221 g/mol. The molecule has 0 radical (unpaired) electrons. The van der Waals surface area contributed by atoms with Crippen LogP contribution in [-0.2, 0) is 6.42 Å². The van der Waals surface area contributed by atoms with Crippen LogP contribution in [-0.4, -0.2) is 0 Å². The van der Waals surface area contributed by atoms with Crippen LogP contribution in [0.25, 0.3) is 0 Å². The van der Waals surface area contributed by atoms with Crippen LogP contribution in [0.15, 0.2) is 6.07 Å². The zero-order valence-electron chi connectivity index (χ0n) is 6.24. The second-order valence-corrected chi connectivity index (χ2v) is 3.05. The molecule has 0 heterocycles. The summed E-state index contributed by atoms with van der Waals surface area (Å²) < 4.78 is 25.5. The third-order valence-corrected chi connectivity index (χ3v) is 2.33. The minimum atomic E-state index is -1.19. The number of nitriles is 1. The summed E-state index contributed by atoms with van der Waals surface area (Å²) in [7, 11) is 0. The molecule has 0 N–H and O–H groups in total. The molecule has 1 rings (SSSR count). The molecular weight excluding hydrogens is 219 g/mol. The lowest BCUT2D eigenvalue weighted by atomic mass is 10.1. The van der Waals surface area contributed by atoms with Gasteiger partial charge in [-0.05, 0) is 11.6 Å². The molecule has 13 heavy (non-hydrogen) atoms. The highest BCUT2D eigenvalue weighted by Gasteiger charge is 2.14. The predicted molar refractivity (Wildman–Crippen MR) is 45.7 cm³/mol. The van der Waals surface area contributed by atoms with Crippen LogP contribution in [0.1, 0.15) is 5.56 Å². The fourth-order valence-corrected chi connectivity index (χ4v) is 1.25. The maximum absolute atomic E-state index is 12.7. The van der Waals surface area contributed by atoms with Crippen molar-refractivity contribution in [3.05, 3.63) is 33.3 Å². The highest BCUT2D eigenvalue weighted by molar-refractivity contribution is 6.42. The van der Waals surface area contributed by atoms with E-state index in [2.05, 4.69) is 0 Å². The summed E-state index contributed by atoms with van der Waals surface area (Å²) in [5.41, 5.74) is 0.188. The minimum Gasteiger partial charge on any atom is -0.204 e. The van der Waals surface area contributed by atoms with Crippen LogP contribution in [0.4, 0.5) is 8.78 Å². The molecule has 0 aliphatic carbocycles. The first-order chi connectivity index (χ1) is 6.07. The summed E-state index contributed by atoms with van der Waals surface area (Å²) >= 11 is 10.9. The molecule has 68 valence electrons. The third kappa shape index (κ3) is 1.90. The molecule has 1 aromatic rings. The lowest BCUT2D eigenvalue weighted by Gasteiger charge is -2.03. The van der Waals surface area contributed by atoms with Crippen molar-refractivity contribution in [1.82, 2.24) is 0 Å². The second kappa shape index (κ2) is 3.91. The maximum atomic E-state index is 12.7. The molecule has 0 fully saturated rings. The van der Waals surface area contributed by atoms with Crippen molar-refractivity contribution in [3.8, 4) is 6.07 Å². The molecule has 0 spiro atoms. The Labute approximate surface area is 83.5 Å². The zero-order valence-corrected chi connectivity index (χ0v) is 7.76. The first kappa shape index (κ1) is 10.2. The van der Waals surface area contributed by atoms with E-state index >= 15 is 0 Å². The average molecular weight is 222 g/mol. The molecule has 0 atom stereocenters. The summed E-state index contributed by atoms with van der Waals surface area (Å²) in [6.07, 6.45) is -0.101. The van der Waals surface area contributed by atoms with Gasteiger partial charge < -0.3 is 0 Å². The van der Waals surface area contributed by atoms with Gasteiger partial charge in [0.15, 0.2) is 11.6 Å².